The van der Waals surface area contributed by atoms with Crippen LogP contribution in [-0.2, 0) is 9.53 Å². The van der Waals surface area contributed by atoms with Crippen molar-refractivity contribution < 1.29 is 19.4 Å². The highest BCUT2D eigenvalue weighted by Gasteiger charge is 2.20. The first-order valence-corrected chi connectivity index (χ1v) is 5.44. The maximum atomic E-state index is 11.8. The zero-order valence-electron chi connectivity index (χ0n) is 10.3. The Morgan fingerprint density at radius 2 is 2.24 bits per heavy atom. The molecule has 0 aliphatic rings. The predicted octanol–water partition coefficient (Wildman–Crippen LogP) is 0.694. The molecule has 2 amide bonds. The van der Waals surface area contributed by atoms with E-state index in [0.717, 1.165) is 0 Å². The molecule has 0 bridgehead atoms. The van der Waals surface area contributed by atoms with Crippen LogP contribution in [0.15, 0.2) is 12.7 Å². The Morgan fingerprint density at radius 1 is 1.59 bits per heavy atom. The molecular weight excluding hydrogens is 224 g/mol. The first-order chi connectivity index (χ1) is 8.06. The quantitative estimate of drug-likeness (QED) is 0.616. The average Bonchev–Trinajstić information content (AvgIpc) is 2.30. The number of carbonyl (C=O) groups is 2. The van der Waals surface area contributed by atoms with Crippen LogP contribution in [0.1, 0.15) is 13.3 Å². The van der Waals surface area contributed by atoms with Gasteiger partial charge in [-0.1, -0.05) is 13.0 Å². The molecule has 98 valence electrons. The second-order valence-corrected chi connectivity index (χ2v) is 3.48. The number of hydrogen-bond acceptors (Lipinski definition) is 3. The Morgan fingerprint density at radius 3 is 2.65 bits per heavy atom. The van der Waals surface area contributed by atoms with Gasteiger partial charge in [0.2, 0.25) is 0 Å². The minimum absolute atomic E-state index is 0.341. The third-order valence-electron chi connectivity index (χ3n) is 2.21. The van der Waals surface area contributed by atoms with E-state index in [1.807, 2.05) is 0 Å². The van der Waals surface area contributed by atoms with E-state index >= 15 is 0 Å². The topological polar surface area (TPSA) is 78.9 Å². The van der Waals surface area contributed by atoms with Gasteiger partial charge < -0.3 is 20.1 Å². The van der Waals surface area contributed by atoms with Gasteiger partial charge in [-0.3, -0.25) is 0 Å². The van der Waals surface area contributed by atoms with E-state index in [2.05, 4.69) is 11.9 Å². The summed E-state index contributed by atoms with van der Waals surface area (Å²) in [5.41, 5.74) is 0. The molecule has 0 saturated heterocycles. The zero-order chi connectivity index (χ0) is 13.3. The number of carbonyl (C=O) groups excluding carboxylic acids is 1. The summed E-state index contributed by atoms with van der Waals surface area (Å²) in [5.74, 6) is -1.04. The number of urea groups is 1. The van der Waals surface area contributed by atoms with Gasteiger partial charge in [0.25, 0.3) is 0 Å². The normalized spacial score (nSPS) is 11.6. The monoisotopic (exact) mass is 244 g/mol. The molecule has 0 aromatic rings. The first-order valence-electron chi connectivity index (χ1n) is 5.44. The van der Waals surface area contributed by atoms with E-state index in [4.69, 9.17) is 9.84 Å². The van der Waals surface area contributed by atoms with Crippen molar-refractivity contribution in [2.24, 2.45) is 0 Å². The van der Waals surface area contributed by atoms with Crippen molar-refractivity contribution in [3.63, 3.8) is 0 Å². The van der Waals surface area contributed by atoms with Crippen LogP contribution in [0.25, 0.3) is 0 Å². The van der Waals surface area contributed by atoms with Crippen LogP contribution in [0, 0.1) is 0 Å². The van der Waals surface area contributed by atoms with Crippen molar-refractivity contribution in [3.8, 4) is 0 Å². The Bertz CT molecular complexity index is 268. The van der Waals surface area contributed by atoms with Crippen LogP contribution in [0.3, 0.4) is 0 Å². The highest BCUT2D eigenvalue weighted by molar-refractivity contribution is 5.82. The van der Waals surface area contributed by atoms with Gasteiger partial charge in [-0.15, -0.1) is 6.58 Å². The van der Waals surface area contributed by atoms with E-state index in [1.165, 1.54) is 12.0 Å². The number of carboxylic acids is 1. The minimum Gasteiger partial charge on any atom is -0.480 e. The van der Waals surface area contributed by atoms with Crippen molar-refractivity contribution in [1.29, 1.82) is 0 Å². The number of hydrogen-bond donors (Lipinski definition) is 2. The zero-order valence-corrected chi connectivity index (χ0v) is 10.3. The highest BCUT2D eigenvalue weighted by atomic mass is 16.5. The van der Waals surface area contributed by atoms with E-state index < -0.39 is 18.0 Å². The molecular formula is C11H20N2O4. The molecule has 6 nitrogen and oxygen atoms in total. The van der Waals surface area contributed by atoms with Crippen LogP contribution in [-0.4, -0.2) is 54.9 Å². The fraction of sp³-hybridized carbons (Fsp3) is 0.636. The van der Waals surface area contributed by atoms with E-state index in [9.17, 15) is 9.59 Å². The third kappa shape index (κ3) is 5.91. The van der Waals surface area contributed by atoms with Gasteiger partial charge in [-0.05, 0) is 6.42 Å². The molecule has 0 aromatic carbocycles. The summed E-state index contributed by atoms with van der Waals surface area (Å²) in [6, 6.07) is -1.28. The smallest absolute Gasteiger partial charge is 0.326 e. The number of aliphatic carboxylic acids is 1. The van der Waals surface area contributed by atoms with Crippen molar-refractivity contribution >= 4 is 12.0 Å². The fourth-order valence-electron chi connectivity index (χ4n) is 1.21. The Balaban J connectivity index is 4.38. The molecule has 0 fully saturated rings. The lowest BCUT2D eigenvalue weighted by molar-refractivity contribution is -0.139. The summed E-state index contributed by atoms with van der Waals surface area (Å²) < 4.78 is 4.88. The third-order valence-corrected chi connectivity index (χ3v) is 2.21. The molecule has 2 N–H and O–H groups in total. The summed E-state index contributed by atoms with van der Waals surface area (Å²) in [4.78, 5) is 24.0. The lowest BCUT2D eigenvalue weighted by Crippen LogP contribution is -2.48. The van der Waals surface area contributed by atoms with E-state index in [-0.39, 0.29) is 0 Å². The molecule has 1 atom stereocenters. The number of methoxy groups -OCH3 is 1. The van der Waals surface area contributed by atoms with Crippen LogP contribution in [0.5, 0.6) is 0 Å². The van der Waals surface area contributed by atoms with Gasteiger partial charge in [0.05, 0.1) is 6.61 Å². The first kappa shape index (κ1) is 15.4. The lowest BCUT2D eigenvalue weighted by Gasteiger charge is -2.23. The van der Waals surface area contributed by atoms with Crippen LogP contribution >= 0.6 is 0 Å². The van der Waals surface area contributed by atoms with Gasteiger partial charge in [0, 0.05) is 20.2 Å². The van der Waals surface area contributed by atoms with Crippen LogP contribution in [0.4, 0.5) is 4.79 Å². The molecule has 17 heavy (non-hydrogen) atoms. The molecule has 0 aliphatic carbocycles. The van der Waals surface area contributed by atoms with Crippen LogP contribution < -0.4 is 5.32 Å². The van der Waals surface area contributed by atoms with Gasteiger partial charge in [0.15, 0.2) is 0 Å². The number of ether oxygens (including phenoxy) is 1. The second kappa shape index (κ2) is 8.58. The van der Waals surface area contributed by atoms with Gasteiger partial charge >= 0.3 is 12.0 Å². The summed E-state index contributed by atoms with van der Waals surface area (Å²) >= 11 is 0. The van der Waals surface area contributed by atoms with E-state index in [1.54, 1.807) is 13.0 Å². The fourth-order valence-corrected chi connectivity index (χ4v) is 1.21. The highest BCUT2D eigenvalue weighted by Crippen LogP contribution is 1.96. The number of amides is 2. The largest absolute Gasteiger partial charge is 0.480 e. The predicted molar refractivity (Wildman–Crippen MR) is 63.9 cm³/mol. The number of rotatable bonds is 8. The van der Waals surface area contributed by atoms with Crippen LogP contribution in [0.2, 0.25) is 0 Å². The minimum atomic E-state index is -1.04. The lowest BCUT2D eigenvalue weighted by atomic mass is 10.2. The van der Waals surface area contributed by atoms with Crippen molar-refractivity contribution in [3.05, 3.63) is 12.7 Å². The molecule has 6 heteroatoms. The maximum absolute atomic E-state index is 11.8. The molecule has 0 saturated carbocycles. The summed E-state index contributed by atoms with van der Waals surface area (Å²) in [6.07, 6.45) is 1.92. The molecule has 0 rings (SSSR count). The Kier molecular flexibility index (Phi) is 7.79. The molecule has 0 radical (unpaired) electrons. The molecule has 0 aliphatic heterocycles. The number of nitrogens with one attached hydrogen (secondary N) is 1. The maximum Gasteiger partial charge on any atom is 0.326 e. The van der Waals surface area contributed by atoms with Gasteiger partial charge in [-0.25, -0.2) is 9.59 Å². The summed E-state index contributed by atoms with van der Waals surface area (Å²) in [7, 11) is 1.54. The molecule has 0 heterocycles. The van der Waals surface area contributed by atoms with Crippen molar-refractivity contribution in [2.45, 2.75) is 19.4 Å². The van der Waals surface area contributed by atoms with Crippen molar-refractivity contribution in [1.82, 2.24) is 10.2 Å². The molecule has 0 unspecified atom stereocenters. The van der Waals surface area contributed by atoms with Gasteiger partial charge in [0.1, 0.15) is 6.04 Å². The summed E-state index contributed by atoms with van der Waals surface area (Å²) in [5, 5.41) is 11.3. The molecule has 0 spiro atoms. The second-order valence-electron chi connectivity index (χ2n) is 3.48. The average molecular weight is 244 g/mol. The van der Waals surface area contributed by atoms with E-state index in [0.29, 0.717) is 26.1 Å². The molecule has 0 aromatic heterocycles. The standard InChI is InChI=1S/C11H20N2O4/c1-4-6-13(7-8-17-3)11(16)12-9(5-2)10(14)15/h4,9H,1,5-8H2,2-3H3,(H,12,16)(H,14,15)/t9-/m1/s1. The Labute approximate surface area is 101 Å². The van der Waals surface area contributed by atoms with Crippen molar-refractivity contribution in [2.75, 3.05) is 26.8 Å². The Hall–Kier alpha value is -1.56. The summed E-state index contributed by atoms with van der Waals surface area (Å²) in [6.45, 7) is 6.39. The number of carboxylic acid groups (broad SMARTS) is 1. The SMILES string of the molecule is C=CCN(CCOC)C(=O)N[C@H](CC)C(=O)O. The number of nitrogens with zero attached hydrogens (tertiary/aromatic N) is 1. The van der Waals surface area contributed by atoms with Gasteiger partial charge in [-0.2, -0.15) is 0 Å².